The Morgan fingerprint density at radius 2 is 1.36 bits per heavy atom. The Kier molecular flexibility index (Phi) is 9.31. The van der Waals surface area contributed by atoms with Crippen LogP contribution in [-0.2, 0) is 11.3 Å². The Balaban J connectivity index is 1.93. The Bertz CT molecular complexity index is 1630. The van der Waals surface area contributed by atoms with Gasteiger partial charge in [0, 0.05) is 22.4 Å². The summed E-state index contributed by atoms with van der Waals surface area (Å²) < 4.78 is 72.9. The molecule has 1 atom stereocenters. The number of benzene rings is 3. The third kappa shape index (κ3) is 5.61. The zero-order valence-electron chi connectivity index (χ0n) is 25.3. The second-order valence-corrected chi connectivity index (χ2v) is 9.82. The van der Waals surface area contributed by atoms with Crippen molar-refractivity contribution in [1.82, 2.24) is 10.2 Å². The minimum atomic E-state index is -5.48. The molecule has 0 bridgehead atoms. The Labute approximate surface area is 257 Å². The molecule has 0 aliphatic carbocycles. The Morgan fingerprint density at radius 3 is 1.87 bits per heavy atom. The number of para-hydroxylation sites is 1. The molecule has 238 valence electrons. The van der Waals surface area contributed by atoms with E-state index in [1.54, 1.807) is 24.3 Å². The first-order valence-electron chi connectivity index (χ1n) is 13.4. The van der Waals surface area contributed by atoms with Crippen molar-refractivity contribution in [1.29, 1.82) is 0 Å². The number of nitrogens with one attached hydrogen (secondary N) is 1. The highest BCUT2D eigenvalue weighted by Crippen LogP contribution is 2.47. The van der Waals surface area contributed by atoms with Crippen molar-refractivity contribution in [3.05, 3.63) is 88.6 Å². The zero-order chi connectivity index (χ0) is 33.1. The highest BCUT2D eigenvalue weighted by molar-refractivity contribution is 6.19. The number of rotatable bonds is 11. The van der Waals surface area contributed by atoms with Gasteiger partial charge in [-0.1, -0.05) is 42.5 Å². The first kappa shape index (κ1) is 32.7. The molecule has 3 aromatic rings. The number of allylic oxidation sites excluding steroid dienone is 1. The molecule has 1 N–H and O–H groups in total. The van der Waals surface area contributed by atoms with Gasteiger partial charge in [0.1, 0.15) is 0 Å². The number of halogens is 3. The quantitative estimate of drug-likeness (QED) is 0.297. The molecule has 1 aliphatic rings. The van der Waals surface area contributed by atoms with Crippen molar-refractivity contribution in [3.8, 4) is 28.7 Å². The van der Waals surface area contributed by atoms with Crippen LogP contribution in [0.1, 0.15) is 33.2 Å². The zero-order valence-corrected chi connectivity index (χ0v) is 25.3. The largest absolute Gasteiger partial charge is 0.493 e. The van der Waals surface area contributed by atoms with E-state index in [1.807, 2.05) is 5.32 Å². The number of alkyl halides is 3. The van der Waals surface area contributed by atoms with Crippen LogP contribution in [0.5, 0.6) is 28.7 Å². The van der Waals surface area contributed by atoms with Crippen LogP contribution in [0.15, 0.2) is 71.9 Å². The maximum atomic E-state index is 15.5. The summed E-state index contributed by atoms with van der Waals surface area (Å²) in [6, 6.07) is 14.2. The van der Waals surface area contributed by atoms with E-state index in [1.165, 1.54) is 66.7 Å². The minimum absolute atomic E-state index is 0.0140. The summed E-state index contributed by atoms with van der Waals surface area (Å²) in [6.45, 7) is 0.786. The first-order chi connectivity index (χ1) is 21.4. The number of methoxy groups -OCH3 is 5. The van der Waals surface area contributed by atoms with Gasteiger partial charge < -0.3 is 33.9 Å². The van der Waals surface area contributed by atoms with E-state index in [-0.39, 0.29) is 45.6 Å². The van der Waals surface area contributed by atoms with Crippen LogP contribution in [0.4, 0.5) is 13.2 Å². The maximum absolute atomic E-state index is 15.5. The van der Waals surface area contributed by atoms with E-state index in [9.17, 15) is 14.4 Å². The summed E-state index contributed by atoms with van der Waals surface area (Å²) in [5, 5.41) is 1.89. The third-order valence-electron chi connectivity index (χ3n) is 7.44. The molecule has 0 unspecified atom stereocenters. The lowest BCUT2D eigenvalue weighted by molar-refractivity contribution is -0.189. The number of nitrogens with zero attached hydrogens (tertiary/aromatic N) is 1. The SMILES string of the molecule is COc1cccc(CN2C(=O)[C@](NC(=O)c3cc(OC)c(OC)c(OC)c3)(C(F)(F)F)C(C(=O)c3ccccc3)=C2C)c1OC. The molecule has 0 saturated carbocycles. The molecule has 0 spiro atoms. The molecular formula is C32H31F3N2O8. The van der Waals surface area contributed by atoms with Crippen LogP contribution in [0.25, 0.3) is 0 Å². The van der Waals surface area contributed by atoms with Gasteiger partial charge >= 0.3 is 6.18 Å². The van der Waals surface area contributed by atoms with Crippen molar-refractivity contribution in [2.45, 2.75) is 25.2 Å². The standard InChI is InChI=1S/C32H31F3N2O8/c1-18-25(26(38)19-11-8-7-9-12-19)31(32(33,34)35,30(40)37(18)17-20-13-10-14-22(41-2)27(20)44-5)36-29(39)21-15-23(42-3)28(45-6)24(16-21)43-4/h7-16H,17H2,1-6H3,(H,36,39)/t31-/m0/s1. The van der Waals surface area contributed by atoms with Crippen molar-refractivity contribution in [2.24, 2.45) is 0 Å². The Hall–Kier alpha value is -5.20. The molecule has 4 rings (SSSR count). The summed E-state index contributed by atoms with van der Waals surface area (Å²) in [4.78, 5) is 42.6. The molecule has 0 aromatic heterocycles. The van der Waals surface area contributed by atoms with Crippen molar-refractivity contribution in [2.75, 3.05) is 35.5 Å². The van der Waals surface area contributed by atoms with E-state index in [4.69, 9.17) is 23.7 Å². The van der Waals surface area contributed by atoms with Crippen LogP contribution in [0.2, 0.25) is 0 Å². The van der Waals surface area contributed by atoms with Gasteiger partial charge in [0.15, 0.2) is 28.8 Å². The number of carbonyl (C=O) groups is 3. The number of Topliss-reactive ketones (excluding diaryl/α,β-unsaturated/α-hetero) is 1. The van der Waals surface area contributed by atoms with E-state index in [0.29, 0.717) is 5.56 Å². The fraction of sp³-hybridized carbons (Fsp3) is 0.281. The highest BCUT2D eigenvalue weighted by Gasteiger charge is 2.70. The van der Waals surface area contributed by atoms with Gasteiger partial charge in [-0.05, 0) is 25.1 Å². The smallest absolute Gasteiger partial charge is 0.425 e. The van der Waals surface area contributed by atoms with E-state index >= 15 is 13.2 Å². The number of amides is 2. The van der Waals surface area contributed by atoms with Crippen LogP contribution in [-0.4, -0.2) is 69.8 Å². The molecule has 2 amide bonds. The number of hydrogen-bond acceptors (Lipinski definition) is 8. The topological polar surface area (TPSA) is 113 Å². The fourth-order valence-corrected chi connectivity index (χ4v) is 5.28. The number of ketones is 1. The van der Waals surface area contributed by atoms with Gasteiger partial charge in [-0.15, -0.1) is 0 Å². The summed E-state index contributed by atoms with van der Waals surface area (Å²) in [5.41, 5.74) is -5.19. The molecule has 13 heteroatoms. The minimum Gasteiger partial charge on any atom is -0.493 e. The normalized spacial score (nSPS) is 16.4. The monoisotopic (exact) mass is 628 g/mol. The lowest BCUT2D eigenvalue weighted by Gasteiger charge is -2.33. The predicted octanol–water partition coefficient (Wildman–Crippen LogP) is 4.96. The summed E-state index contributed by atoms with van der Waals surface area (Å²) in [5.74, 6) is -3.48. The van der Waals surface area contributed by atoms with Crippen molar-refractivity contribution in [3.63, 3.8) is 0 Å². The average molecular weight is 629 g/mol. The van der Waals surface area contributed by atoms with E-state index in [2.05, 4.69) is 0 Å². The van der Waals surface area contributed by atoms with Gasteiger partial charge in [-0.2, -0.15) is 13.2 Å². The second kappa shape index (κ2) is 12.8. The maximum Gasteiger partial charge on any atom is 0.425 e. The molecule has 1 heterocycles. The van der Waals surface area contributed by atoms with Crippen LogP contribution >= 0.6 is 0 Å². The van der Waals surface area contributed by atoms with Gasteiger partial charge in [0.05, 0.1) is 47.7 Å². The van der Waals surface area contributed by atoms with Gasteiger partial charge in [0.2, 0.25) is 11.3 Å². The van der Waals surface area contributed by atoms with Crippen LogP contribution in [0, 0.1) is 0 Å². The molecule has 0 radical (unpaired) electrons. The van der Waals surface area contributed by atoms with E-state index < -0.39 is 41.4 Å². The van der Waals surface area contributed by atoms with Crippen molar-refractivity contribution >= 4 is 17.6 Å². The summed E-state index contributed by atoms with van der Waals surface area (Å²) >= 11 is 0. The molecular weight excluding hydrogens is 597 g/mol. The van der Waals surface area contributed by atoms with Crippen LogP contribution in [0.3, 0.4) is 0 Å². The average Bonchev–Trinajstić information content (AvgIpc) is 3.25. The van der Waals surface area contributed by atoms with Gasteiger partial charge in [0.25, 0.3) is 11.8 Å². The molecule has 45 heavy (non-hydrogen) atoms. The first-order valence-corrected chi connectivity index (χ1v) is 13.4. The highest BCUT2D eigenvalue weighted by atomic mass is 19.4. The van der Waals surface area contributed by atoms with Gasteiger partial charge in [-0.3, -0.25) is 14.4 Å². The lowest BCUT2D eigenvalue weighted by atomic mass is 9.84. The summed E-state index contributed by atoms with van der Waals surface area (Å²) in [6.07, 6.45) is -5.48. The Morgan fingerprint density at radius 1 is 0.778 bits per heavy atom. The van der Waals surface area contributed by atoms with Crippen LogP contribution < -0.4 is 29.0 Å². The molecule has 1 aliphatic heterocycles. The molecule has 10 nitrogen and oxygen atoms in total. The lowest BCUT2D eigenvalue weighted by Crippen LogP contribution is -2.66. The predicted molar refractivity (Wildman–Crippen MR) is 156 cm³/mol. The third-order valence-corrected chi connectivity index (χ3v) is 7.44. The number of hydrogen-bond donors (Lipinski definition) is 1. The molecule has 0 saturated heterocycles. The summed E-state index contributed by atoms with van der Waals surface area (Å²) in [7, 11) is 6.58. The number of carbonyl (C=O) groups excluding carboxylic acids is 3. The fourth-order valence-electron chi connectivity index (χ4n) is 5.28. The number of ether oxygens (including phenoxy) is 5. The molecule has 0 fully saturated rings. The van der Waals surface area contributed by atoms with Gasteiger partial charge in [-0.25, -0.2) is 0 Å². The second-order valence-electron chi connectivity index (χ2n) is 9.82. The van der Waals surface area contributed by atoms with Crippen molar-refractivity contribution < 1.29 is 51.2 Å². The van der Waals surface area contributed by atoms with E-state index in [0.717, 1.165) is 17.0 Å². The molecule has 3 aromatic carbocycles.